The van der Waals surface area contributed by atoms with Gasteiger partial charge in [-0.1, -0.05) is 32.9 Å². The number of hydrogen-bond donors (Lipinski definition) is 1. The summed E-state index contributed by atoms with van der Waals surface area (Å²) in [7, 11) is 0. The van der Waals surface area contributed by atoms with Crippen LogP contribution >= 0.6 is 0 Å². The molecule has 0 aliphatic rings. The Morgan fingerprint density at radius 3 is 2.63 bits per heavy atom. The minimum absolute atomic E-state index is 0.0980. The van der Waals surface area contributed by atoms with Crippen LogP contribution < -0.4 is 10.1 Å². The predicted molar refractivity (Wildman–Crippen MR) is 78.1 cm³/mol. The van der Waals surface area contributed by atoms with Gasteiger partial charge in [0.25, 0.3) is 0 Å². The standard InChI is InChI=1S/C16H26FNO/c1-5-18-13(4)14-9-6-10-15(17)16(14)19-11-7-8-12(2)3/h6,9-10,12-13,18H,5,7-8,11H2,1-4H3. The zero-order chi connectivity index (χ0) is 14.3. The van der Waals surface area contributed by atoms with Gasteiger partial charge in [-0.05, 0) is 38.3 Å². The Morgan fingerprint density at radius 1 is 1.26 bits per heavy atom. The van der Waals surface area contributed by atoms with Crippen LogP contribution in [0.3, 0.4) is 0 Å². The number of halogens is 1. The highest BCUT2D eigenvalue weighted by molar-refractivity contribution is 5.37. The molecule has 0 saturated heterocycles. The minimum Gasteiger partial charge on any atom is -0.490 e. The summed E-state index contributed by atoms with van der Waals surface area (Å²) < 4.78 is 19.6. The van der Waals surface area contributed by atoms with E-state index in [1.165, 1.54) is 6.07 Å². The summed E-state index contributed by atoms with van der Waals surface area (Å²) in [6.45, 7) is 9.86. The lowest BCUT2D eigenvalue weighted by atomic mass is 10.1. The average Bonchev–Trinajstić information content (AvgIpc) is 2.36. The van der Waals surface area contributed by atoms with Gasteiger partial charge in [0.15, 0.2) is 11.6 Å². The zero-order valence-corrected chi connectivity index (χ0v) is 12.5. The van der Waals surface area contributed by atoms with E-state index in [9.17, 15) is 4.39 Å². The van der Waals surface area contributed by atoms with Crippen LogP contribution in [0, 0.1) is 11.7 Å². The number of para-hydroxylation sites is 1. The van der Waals surface area contributed by atoms with E-state index in [4.69, 9.17) is 4.74 Å². The number of hydrogen-bond acceptors (Lipinski definition) is 2. The van der Waals surface area contributed by atoms with Crippen molar-refractivity contribution < 1.29 is 9.13 Å². The molecule has 0 radical (unpaired) electrons. The van der Waals surface area contributed by atoms with Gasteiger partial charge in [-0.15, -0.1) is 0 Å². The molecule has 0 aliphatic heterocycles. The van der Waals surface area contributed by atoms with Crippen LogP contribution in [0.5, 0.6) is 5.75 Å². The van der Waals surface area contributed by atoms with E-state index in [-0.39, 0.29) is 11.9 Å². The molecule has 1 aromatic carbocycles. The average molecular weight is 267 g/mol. The molecule has 0 saturated carbocycles. The molecule has 0 amide bonds. The number of nitrogens with one attached hydrogen (secondary N) is 1. The fraction of sp³-hybridized carbons (Fsp3) is 0.625. The SMILES string of the molecule is CCNC(C)c1cccc(F)c1OCCCC(C)C. The van der Waals surface area contributed by atoms with Crippen molar-refractivity contribution in [2.24, 2.45) is 5.92 Å². The van der Waals surface area contributed by atoms with Crippen molar-refractivity contribution in [1.29, 1.82) is 0 Å². The Hall–Kier alpha value is -1.09. The molecule has 0 aromatic heterocycles. The molecular formula is C16H26FNO. The zero-order valence-electron chi connectivity index (χ0n) is 12.5. The van der Waals surface area contributed by atoms with Gasteiger partial charge in [0, 0.05) is 11.6 Å². The van der Waals surface area contributed by atoms with Crippen molar-refractivity contribution in [3.05, 3.63) is 29.6 Å². The Bertz CT molecular complexity index is 379. The molecule has 2 nitrogen and oxygen atoms in total. The van der Waals surface area contributed by atoms with Gasteiger partial charge in [-0.3, -0.25) is 0 Å². The van der Waals surface area contributed by atoms with Crippen LogP contribution in [0.25, 0.3) is 0 Å². The lowest BCUT2D eigenvalue weighted by Crippen LogP contribution is -2.19. The lowest BCUT2D eigenvalue weighted by Gasteiger charge is -2.18. The summed E-state index contributed by atoms with van der Waals surface area (Å²) in [6, 6.07) is 5.22. The maximum Gasteiger partial charge on any atom is 0.165 e. The van der Waals surface area contributed by atoms with Crippen LogP contribution in [-0.4, -0.2) is 13.2 Å². The highest BCUT2D eigenvalue weighted by atomic mass is 19.1. The summed E-state index contributed by atoms with van der Waals surface area (Å²) >= 11 is 0. The third kappa shape index (κ3) is 5.19. The third-order valence-electron chi connectivity index (χ3n) is 3.15. The second-order valence-electron chi connectivity index (χ2n) is 5.32. The molecule has 108 valence electrons. The monoisotopic (exact) mass is 267 g/mol. The van der Waals surface area contributed by atoms with Gasteiger partial charge in [0.2, 0.25) is 0 Å². The van der Waals surface area contributed by atoms with Crippen LogP contribution in [-0.2, 0) is 0 Å². The van der Waals surface area contributed by atoms with Crippen LogP contribution in [0.15, 0.2) is 18.2 Å². The smallest absolute Gasteiger partial charge is 0.165 e. The van der Waals surface area contributed by atoms with Crippen molar-refractivity contribution >= 4 is 0 Å². The summed E-state index contributed by atoms with van der Waals surface area (Å²) in [5.41, 5.74) is 0.895. The minimum atomic E-state index is -0.271. The van der Waals surface area contributed by atoms with E-state index in [0.717, 1.165) is 24.9 Å². The molecule has 0 aliphatic carbocycles. The van der Waals surface area contributed by atoms with E-state index in [2.05, 4.69) is 19.2 Å². The van der Waals surface area contributed by atoms with E-state index < -0.39 is 0 Å². The first-order chi connectivity index (χ1) is 9.06. The van der Waals surface area contributed by atoms with Crippen LogP contribution in [0.1, 0.15) is 52.1 Å². The molecule has 3 heteroatoms. The third-order valence-corrected chi connectivity index (χ3v) is 3.15. The molecule has 0 heterocycles. The lowest BCUT2D eigenvalue weighted by molar-refractivity contribution is 0.279. The number of benzene rings is 1. The van der Waals surface area contributed by atoms with E-state index in [1.54, 1.807) is 6.07 Å². The van der Waals surface area contributed by atoms with Crippen LogP contribution in [0.2, 0.25) is 0 Å². The summed E-state index contributed by atoms with van der Waals surface area (Å²) in [5.74, 6) is 0.788. The highest BCUT2D eigenvalue weighted by Crippen LogP contribution is 2.28. The van der Waals surface area contributed by atoms with Crippen molar-refractivity contribution in [3.8, 4) is 5.75 Å². The molecule has 1 unspecified atom stereocenters. The largest absolute Gasteiger partial charge is 0.490 e. The fourth-order valence-corrected chi connectivity index (χ4v) is 2.10. The normalized spacial score (nSPS) is 12.7. The fourth-order valence-electron chi connectivity index (χ4n) is 2.10. The van der Waals surface area contributed by atoms with Crippen molar-refractivity contribution in [3.63, 3.8) is 0 Å². The Morgan fingerprint density at radius 2 is 2.00 bits per heavy atom. The molecular weight excluding hydrogens is 241 g/mol. The van der Waals surface area contributed by atoms with E-state index >= 15 is 0 Å². The number of rotatable bonds is 8. The summed E-state index contributed by atoms with van der Waals surface area (Å²) in [4.78, 5) is 0. The molecule has 1 aromatic rings. The van der Waals surface area contributed by atoms with E-state index in [0.29, 0.717) is 18.3 Å². The molecule has 1 N–H and O–H groups in total. The van der Waals surface area contributed by atoms with Gasteiger partial charge in [0.1, 0.15) is 0 Å². The van der Waals surface area contributed by atoms with Crippen LogP contribution in [0.4, 0.5) is 4.39 Å². The Labute approximate surface area is 116 Å². The first-order valence-electron chi connectivity index (χ1n) is 7.20. The van der Waals surface area contributed by atoms with Gasteiger partial charge in [0.05, 0.1) is 6.61 Å². The van der Waals surface area contributed by atoms with Gasteiger partial charge in [-0.2, -0.15) is 0 Å². The van der Waals surface area contributed by atoms with Gasteiger partial charge < -0.3 is 10.1 Å². The molecule has 0 bridgehead atoms. The molecule has 0 fully saturated rings. The first-order valence-corrected chi connectivity index (χ1v) is 7.20. The predicted octanol–water partition coefficient (Wildman–Crippen LogP) is 4.31. The second-order valence-corrected chi connectivity index (χ2v) is 5.32. The van der Waals surface area contributed by atoms with E-state index in [1.807, 2.05) is 19.9 Å². The quantitative estimate of drug-likeness (QED) is 0.709. The summed E-state index contributed by atoms with van der Waals surface area (Å²) in [5, 5.41) is 3.29. The van der Waals surface area contributed by atoms with Gasteiger partial charge in [-0.25, -0.2) is 4.39 Å². The molecule has 0 spiro atoms. The Balaban J connectivity index is 2.69. The molecule has 1 atom stereocenters. The summed E-state index contributed by atoms with van der Waals surface area (Å²) in [6.07, 6.45) is 2.06. The first kappa shape index (κ1) is 16.0. The Kier molecular flexibility index (Phi) is 6.85. The maximum absolute atomic E-state index is 13.9. The highest BCUT2D eigenvalue weighted by Gasteiger charge is 2.14. The van der Waals surface area contributed by atoms with Gasteiger partial charge >= 0.3 is 0 Å². The number of ether oxygens (including phenoxy) is 1. The molecule has 1 rings (SSSR count). The van der Waals surface area contributed by atoms with Crippen molar-refractivity contribution in [2.45, 2.75) is 46.6 Å². The maximum atomic E-state index is 13.9. The van der Waals surface area contributed by atoms with Crippen molar-refractivity contribution in [1.82, 2.24) is 5.32 Å². The van der Waals surface area contributed by atoms with Crippen molar-refractivity contribution in [2.75, 3.05) is 13.2 Å². The topological polar surface area (TPSA) is 21.3 Å². The molecule has 19 heavy (non-hydrogen) atoms. The second kappa shape index (κ2) is 8.16.